The van der Waals surface area contributed by atoms with Crippen LogP contribution in [0.3, 0.4) is 0 Å². The second kappa shape index (κ2) is 4.80. The summed E-state index contributed by atoms with van der Waals surface area (Å²) < 4.78 is 0.0525. The molecular weight excluding hydrogens is 240 g/mol. The monoisotopic (exact) mass is 257 g/mol. The molecule has 1 atom stereocenters. The van der Waals surface area contributed by atoms with E-state index in [2.05, 4.69) is 5.01 Å². The second-order valence-corrected chi connectivity index (χ2v) is 5.47. The Hall–Kier alpha value is -0.850. The predicted molar refractivity (Wildman–Crippen MR) is 64.8 cm³/mol. The third kappa shape index (κ3) is 2.25. The fourth-order valence-electron chi connectivity index (χ4n) is 2.36. The molecule has 0 radical (unpaired) electrons. The van der Waals surface area contributed by atoms with E-state index in [1.807, 2.05) is 7.05 Å². The fraction of sp³-hybridized carbons (Fsp3) is 0.636. The number of aliphatic carboxylic acids is 1. The molecule has 0 spiro atoms. The van der Waals surface area contributed by atoms with Gasteiger partial charge in [-0.15, -0.1) is 9.60 Å². The lowest BCUT2D eigenvalue weighted by atomic mass is 10.1. The Morgan fingerprint density at radius 2 is 2.06 bits per heavy atom. The number of carboxylic acid groups (broad SMARTS) is 1. The molecule has 2 aliphatic heterocycles. The first-order valence-corrected chi connectivity index (χ1v) is 6.77. The van der Waals surface area contributed by atoms with Gasteiger partial charge < -0.3 is 5.11 Å². The fourth-order valence-corrected chi connectivity index (χ4v) is 3.53. The summed E-state index contributed by atoms with van der Waals surface area (Å²) >= 11 is 1.34. The van der Waals surface area contributed by atoms with Gasteiger partial charge in [0.05, 0.1) is 13.1 Å². The number of hydrogen-bond acceptors (Lipinski definition) is 4. The highest BCUT2D eigenvalue weighted by atomic mass is 32.2. The Labute approximate surface area is 105 Å². The standard InChI is InChI=1S/C11H16N2O3S/c1-13(12-5-3-2-4-6-12)9(14)8-17-10(13)7-11(15)16/h7H,2-6,8H2,1H3/p+1/b10-7-. The molecule has 2 saturated heterocycles. The SMILES string of the molecule is C[N+]1(N2CCCCC2)C(=O)CS/C1=C\C(=O)O. The molecule has 5 nitrogen and oxygen atoms in total. The average molecular weight is 257 g/mol. The summed E-state index contributed by atoms with van der Waals surface area (Å²) in [4.78, 5) is 22.9. The number of thioether (sulfide) groups is 1. The van der Waals surface area contributed by atoms with E-state index in [1.165, 1.54) is 24.3 Å². The summed E-state index contributed by atoms with van der Waals surface area (Å²) in [6.07, 6.45) is 4.51. The molecule has 0 saturated carbocycles. The number of carbonyl (C=O) groups excluding carboxylic acids is 1. The molecule has 6 heteroatoms. The highest BCUT2D eigenvalue weighted by Gasteiger charge is 2.49. The summed E-state index contributed by atoms with van der Waals surface area (Å²) in [5, 5.41) is 11.6. The van der Waals surface area contributed by atoms with E-state index in [9.17, 15) is 9.59 Å². The van der Waals surface area contributed by atoms with Gasteiger partial charge in [0.15, 0.2) is 0 Å². The van der Waals surface area contributed by atoms with Crippen molar-refractivity contribution < 1.29 is 19.3 Å². The van der Waals surface area contributed by atoms with Gasteiger partial charge in [0.1, 0.15) is 5.75 Å². The summed E-state index contributed by atoms with van der Waals surface area (Å²) in [6.45, 7) is 1.72. The Bertz CT molecular complexity index is 377. The van der Waals surface area contributed by atoms with E-state index in [-0.39, 0.29) is 10.5 Å². The molecule has 1 amide bonds. The van der Waals surface area contributed by atoms with Crippen LogP contribution in [0.4, 0.5) is 0 Å². The van der Waals surface area contributed by atoms with Crippen LogP contribution in [0.2, 0.25) is 0 Å². The number of carboxylic acids is 1. The van der Waals surface area contributed by atoms with Crippen molar-refractivity contribution >= 4 is 23.6 Å². The van der Waals surface area contributed by atoms with Crippen LogP contribution < -0.4 is 0 Å². The number of amides is 1. The molecule has 1 N–H and O–H groups in total. The minimum atomic E-state index is -0.983. The lowest BCUT2D eigenvalue weighted by Crippen LogP contribution is -2.59. The minimum Gasteiger partial charge on any atom is -0.478 e. The van der Waals surface area contributed by atoms with Crippen LogP contribution in [0.25, 0.3) is 0 Å². The van der Waals surface area contributed by atoms with Crippen LogP contribution in [0, 0.1) is 0 Å². The molecule has 1 unspecified atom stereocenters. The lowest BCUT2D eigenvalue weighted by Gasteiger charge is -2.39. The van der Waals surface area contributed by atoms with Crippen molar-refractivity contribution in [2.75, 3.05) is 25.9 Å². The average Bonchev–Trinajstić information content (AvgIpc) is 2.59. The zero-order valence-corrected chi connectivity index (χ0v) is 10.7. The van der Waals surface area contributed by atoms with Crippen LogP contribution in [-0.2, 0) is 9.59 Å². The van der Waals surface area contributed by atoms with Gasteiger partial charge >= 0.3 is 11.9 Å². The van der Waals surface area contributed by atoms with E-state index in [0.29, 0.717) is 10.8 Å². The number of rotatable bonds is 2. The summed E-state index contributed by atoms with van der Waals surface area (Å²) in [5.41, 5.74) is 0. The molecule has 0 aliphatic carbocycles. The van der Waals surface area contributed by atoms with Gasteiger partial charge in [0, 0.05) is 13.1 Å². The van der Waals surface area contributed by atoms with Crippen LogP contribution in [0.1, 0.15) is 19.3 Å². The lowest BCUT2D eigenvalue weighted by molar-refractivity contribution is -0.910. The van der Waals surface area contributed by atoms with Gasteiger partial charge in [-0.3, -0.25) is 0 Å². The van der Waals surface area contributed by atoms with Gasteiger partial charge in [-0.05, 0) is 12.8 Å². The Morgan fingerprint density at radius 1 is 1.41 bits per heavy atom. The van der Waals surface area contributed by atoms with Crippen molar-refractivity contribution in [2.24, 2.45) is 0 Å². The number of piperidine rings is 1. The maximum atomic E-state index is 12.1. The minimum absolute atomic E-state index is 0.0525. The first-order chi connectivity index (χ1) is 8.05. The van der Waals surface area contributed by atoms with Crippen LogP contribution in [0.15, 0.2) is 11.1 Å². The maximum Gasteiger partial charge on any atom is 0.348 e. The normalized spacial score (nSPS) is 33.2. The van der Waals surface area contributed by atoms with Crippen molar-refractivity contribution in [1.82, 2.24) is 5.01 Å². The van der Waals surface area contributed by atoms with Crippen molar-refractivity contribution in [2.45, 2.75) is 19.3 Å². The predicted octanol–water partition coefficient (Wildman–Crippen LogP) is 1.03. The molecule has 0 bridgehead atoms. The van der Waals surface area contributed by atoms with E-state index in [4.69, 9.17) is 5.11 Å². The van der Waals surface area contributed by atoms with Gasteiger partial charge in [-0.2, -0.15) is 0 Å². The Kier molecular flexibility index (Phi) is 3.56. The highest BCUT2D eigenvalue weighted by molar-refractivity contribution is 8.03. The maximum absolute atomic E-state index is 12.1. The molecule has 0 aromatic rings. The quantitative estimate of drug-likeness (QED) is 0.591. The topological polar surface area (TPSA) is 57.6 Å². The highest BCUT2D eigenvalue weighted by Crippen LogP contribution is 2.38. The zero-order valence-electron chi connectivity index (χ0n) is 9.89. The summed E-state index contributed by atoms with van der Waals surface area (Å²) in [7, 11) is 1.81. The Morgan fingerprint density at radius 3 is 2.65 bits per heavy atom. The number of carbonyl (C=O) groups is 2. The van der Waals surface area contributed by atoms with Crippen molar-refractivity contribution in [1.29, 1.82) is 0 Å². The third-order valence-corrected chi connectivity index (χ3v) is 4.56. The molecule has 2 heterocycles. The molecule has 0 aromatic carbocycles. The second-order valence-electron chi connectivity index (χ2n) is 4.48. The van der Waals surface area contributed by atoms with E-state index in [1.54, 1.807) is 0 Å². The van der Waals surface area contributed by atoms with E-state index >= 15 is 0 Å². The van der Waals surface area contributed by atoms with E-state index in [0.717, 1.165) is 25.9 Å². The summed E-state index contributed by atoms with van der Waals surface area (Å²) in [6, 6.07) is 0. The van der Waals surface area contributed by atoms with Crippen LogP contribution in [-0.4, -0.2) is 52.5 Å². The molecule has 17 heavy (non-hydrogen) atoms. The number of nitrogens with zero attached hydrogens (tertiary/aromatic N) is 2. The van der Waals surface area contributed by atoms with Crippen LogP contribution >= 0.6 is 11.8 Å². The molecule has 0 aromatic heterocycles. The molecule has 2 fully saturated rings. The van der Waals surface area contributed by atoms with Gasteiger partial charge in [-0.1, -0.05) is 18.2 Å². The summed E-state index contributed by atoms with van der Waals surface area (Å²) in [5.74, 6) is -0.542. The van der Waals surface area contributed by atoms with Gasteiger partial charge in [0.2, 0.25) is 5.03 Å². The molecule has 94 valence electrons. The zero-order chi connectivity index (χ0) is 12.5. The first-order valence-electron chi connectivity index (χ1n) is 5.78. The largest absolute Gasteiger partial charge is 0.478 e. The number of quaternary nitrogens is 1. The smallest absolute Gasteiger partial charge is 0.348 e. The Balaban J connectivity index is 2.29. The van der Waals surface area contributed by atoms with Crippen molar-refractivity contribution in [3.8, 4) is 0 Å². The van der Waals surface area contributed by atoms with Gasteiger partial charge in [-0.25, -0.2) is 9.59 Å². The van der Waals surface area contributed by atoms with Crippen molar-refractivity contribution in [3.63, 3.8) is 0 Å². The third-order valence-electron chi connectivity index (χ3n) is 3.40. The molecular formula is C11H17N2O3S+. The van der Waals surface area contributed by atoms with Gasteiger partial charge in [0.25, 0.3) is 0 Å². The van der Waals surface area contributed by atoms with E-state index < -0.39 is 5.97 Å². The molecule has 2 rings (SSSR count). The van der Waals surface area contributed by atoms with Crippen LogP contribution in [0.5, 0.6) is 0 Å². The van der Waals surface area contributed by atoms with Crippen molar-refractivity contribution in [3.05, 3.63) is 11.1 Å². The number of hydrogen-bond donors (Lipinski definition) is 1. The first kappa shape index (κ1) is 12.6. The molecule has 2 aliphatic rings.